The van der Waals surface area contributed by atoms with Gasteiger partial charge >= 0.3 is 6.03 Å². The summed E-state index contributed by atoms with van der Waals surface area (Å²) >= 11 is 0. The van der Waals surface area contributed by atoms with E-state index in [1.54, 1.807) is 24.7 Å². The third-order valence-electron chi connectivity index (χ3n) is 5.11. The fraction of sp³-hybridized carbons (Fsp3) is 0.632. The van der Waals surface area contributed by atoms with Gasteiger partial charge in [-0.1, -0.05) is 19.9 Å². The molecule has 7 heteroatoms. The van der Waals surface area contributed by atoms with E-state index in [2.05, 4.69) is 19.2 Å². The van der Waals surface area contributed by atoms with Gasteiger partial charge in [0.1, 0.15) is 0 Å². The highest BCUT2D eigenvalue weighted by Crippen LogP contribution is 2.25. The number of aromatic nitrogens is 1. The normalized spacial score (nSPS) is 19.7. The maximum atomic E-state index is 12.7. The van der Waals surface area contributed by atoms with Crippen LogP contribution in [0.25, 0.3) is 0 Å². The van der Waals surface area contributed by atoms with Crippen LogP contribution in [-0.4, -0.2) is 59.5 Å². The highest BCUT2D eigenvalue weighted by atomic mass is 16.2. The minimum atomic E-state index is -0.138. The number of pyridine rings is 1. The Hall–Kier alpha value is -2.31. The maximum Gasteiger partial charge on any atom is 0.317 e. The summed E-state index contributed by atoms with van der Waals surface area (Å²) in [5, 5.41) is 3.02. The third kappa shape index (κ3) is 4.65. The number of hydrogen-bond donors (Lipinski definition) is 1. The Morgan fingerprint density at radius 3 is 2.54 bits per heavy atom. The van der Waals surface area contributed by atoms with E-state index in [-0.39, 0.29) is 35.9 Å². The molecule has 1 aromatic rings. The van der Waals surface area contributed by atoms with Crippen molar-refractivity contribution in [2.75, 3.05) is 27.2 Å². The number of amides is 3. The van der Waals surface area contributed by atoms with Crippen molar-refractivity contribution in [3.8, 4) is 0 Å². The fourth-order valence-corrected chi connectivity index (χ4v) is 3.42. The zero-order chi connectivity index (χ0) is 19.4. The van der Waals surface area contributed by atoms with Crippen LogP contribution in [0.1, 0.15) is 26.0 Å². The second kappa shape index (κ2) is 8.38. The van der Waals surface area contributed by atoms with E-state index in [4.69, 9.17) is 0 Å². The molecule has 0 aliphatic carbocycles. The lowest BCUT2D eigenvalue weighted by atomic mass is 9.91. The van der Waals surface area contributed by atoms with Crippen molar-refractivity contribution in [2.24, 2.45) is 11.8 Å². The number of rotatable bonds is 5. The SMILES string of the molecule is Cc1cccc(=O)n1CCC(=O)N1C[C@@H](NC(=O)N(C)C)[C@H](C(C)C)C1. The number of aryl methyl sites for hydroxylation is 1. The highest BCUT2D eigenvalue weighted by molar-refractivity contribution is 5.77. The first-order valence-corrected chi connectivity index (χ1v) is 9.12. The summed E-state index contributed by atoms with van der Waals surface area (Å²) in [4.78, 5) is 39.9. The number of carbonyl (C=O) groups excluding carboxylic acids is 2. The molecule has 0 bridgehead atoms. The Balaban J connectivity index is 2.01. The van der Waals surface area contributed by atoms with E-state index in [9.17, 15) is 14.4 Å². The Morgan fingerprint density at radius 1 is 1.27 bits per heavy atom. The van der Waals surface area contributed by atoms with Crippen LogP contribution in [0.4, 0.5) is 4.79 Å². The van der Waals surface area contributed by atoms with Crippen molar-refractivity contribution in [2.45, 2.75) is 39.8 Å². The van der Waals surface area contributed by atoms with E-state index in [0.29, 0.717) is 25.6 Å². The van der Waals surface area contributed by atoms with Crippen molar-refractivity contribution in [1.82, 2.24) is 19.7 Å². The minimum absolute atomic E-state index is 0.0207. The van der Waals surface area contributed by atoms with Crippen molar-refractivity contribution >= 4 is 11.9 Å². The van der Waals surface area contributed by atoms with Crippen molar-refractivity contribution < 1.29 is 9.59 Å². The van der Waals surface area contributed by atoms with Gasteiger partial charge in [-0.15, -0.1) is 0 Å². The van der Waals surface area contributed by atoms with Gasteiger partial charge in [0, 0.05) is 57.8 Å². The molecule has 1 fully saturated rings. The number of nitrogens with zero attached hydrogens (tertiary/aromatic N) is 3. The monoisotopic (exact) mass is 362 g/mol. The van der Waals surface area contributed by atoms with Crippen LogP contribution in [0.3, 0.4) is 0 Å². The van der Waals surface area contributed by atoms with E-state index in [0.717, 1.165) is 5.69 Å². The van der Waals surface area contributed by atoms with Gasteiger partial charge in [0.15, 0.2) is 0 Å². The Kier molecular flexibility index (Phi) is 6.45. The summed E-state index contributed by atoms with van der Waals surface area (Å²) in [5.41, 5.74) is 0.762. The molecule has 0 unspecified atom stereocenters. The summed E-state index contributed by atoms with van der Waals surface area (Å²) in [6, 6.07) is 4.91. The molecule has 26 heavy (non-hydrogen) atoms. The average molecular weight is 362 g/mol. The summed E-state index contributed by atoms with van der Waals surface area (Å²) < 4.78 is 1.62. The Bertz CT molecular complexity index is 711. The largest absolute Gasteiger partial charge is 0.340 e. The number of hydrogen-bond acceptors (Lipinski definition) is 3. The zero-order valence-corrected chi connectivity index (χ0v) is 16.4. The molecule has 0 radical (unpaired) electrons. The zero-order valence-electron chi connectivity index (χ0n) is 16.4. The fourth-order valence-electron chi connectivity index (χ4n) is 3.42. The van der Waals surface area contributed by atoms with Gasteiger partial charge in [-0.2, -0.15) is 0 Å². The first-order chi connectivity index (χ1) is 12.2. The number of likely N-dealkylation sites (tertiary alicyclic amines) is 1. The predicted molar refractivity (Wildman–Crippen MR) is 101 cm³/mol. The van der Waals surface area contributed by atoms with Gasteiger partial charge < -0.3 is 19.7 Å². The first kappa shape index (κ1) is 20.0. The standard InChI is InChI=1S/C19H30N4O3/c1-13(2)15-11-22(12-16(15)20-19(26)21(4)5)17(24)9-10-23-14(3)7-6-8-18(23)25/h6-8,13,15-16H,9-12H2,1-5H3,(H,20,26)/t15-,16+/m0/s1. The molecule has 1 aromatic heterocycles. The quantitative estimate of drug-likeness (QED) is 0.858. The van der Waals surface area contributed by atoms with E-state index in [1.807, 2.05) is 17.9 Å². The molecule has 2 heterocycles. The summed E-state index contributed by atoms with van der Waals surface area (Å²) in [6.45, 7) is 7.62. The molecule has 1 saturated heterocycles. The molecule has 2 atom stereocenters. The van der Waals surface area contributed by atoms with Crippen LogP contribution in [0, 0.1) is 18.8 Å². The summed E-state index contributed by atoms with van der Waals surface area (Å²) in [7, 11) is 3.41. The van der Waals surface area contributed by atoms with Crippen LogP contribution >= 0.6 is 0 Å². The molecule has 144 valence electrons. The van der Waals surface area contributed by atoms with E-state index in [1.165, 1.54) is 11.0 Å². The number of nitrogens with one attached hydrogen (secondary N) is 1. The molecule has 7 nitrogen and oxygen atoms in total. The van der Waals surface area contributed by atoms with Crippen molar-refractivity contribution in [3.05, 3.63) is 34.2 Å². The molecule has 2 rings (SSSR count). The molecule has 0 spiro atoms. The molecule has 1 N–H and O–H groups in total. The maximum absolute atomic E-state index is 12.7. The minimum Gasteiger partial charge on any atom is -0.340 e. The Morgan fingerprint density at radius 2 is 1.96 bits per heavy atom. The second-order valence-electron chi connectivity index (χ2n) is 7.56. The van der Waals surface area contributed by atoms with Gasteiger partial charge in [0.05, 0.1) is 6.04 Å². The summed E-state index contributed by atoms with van der Waals surface area (Å²) in [6.07, 6.45) is 0.282. The highest BCUT2D eigenvalue weighted by Gasteiger charge is 2.37. The van der Waals surface area contributed by atoms with Crippen LogP contribution < -0.4 is 10.9 Å². The Labute approximate surface area is 155 Å². The lowest BCUT2D eigenvalue weighted by Crippen LogP contribution is -2.46. The van der Waals surface area contributed by atoms with Gasteiger partial charge in [0.2, 0.25) is 5.91 Å². The van der Waals surface area contributed by atoms with Gasteiger partial charge in [-0.3, -0.25) is 9.59 Å². The molecule has 1 aliphatic heterocycles. The molecule has 0 saturated carbocycles. The van der Waals surface area contributed by atoms with Crippen LogP contribution in [0.5, 0.6) is 0 Å². The predicted octanol–water partition coefficient (Wildman–Crippen LogP) is 1.30. The lowest BCUT2D eigenvalue weighted by molar-refractivity contribution is -0.130. The van der Waals surface area contributed by atoms with Crippen LogP contribution in [0.2, 0.25) is 0 Å². The second-order valence-corrected chi connectivity index (χ2v) is 7.56. The van der Waals surface area contributed by atoms with E-state index < -0.39 is 0 Å². The molecular formula is C19H30N4O3. The third-order valence-corrected chi connectivity index (χ3v) is 5.11. The smallest absolute Gasteiger partial charge is 0.317 e. The van der Waals surface area contributed by atoms with Crippen molar-refractivity contribution in [3.63, 3.8) is 0 Å². The van der Waals surface area contributed by atoms with Gasteiger partial charge in [-0.05, 0) is 18.9 Å². The lowest BCUT2D eigenvalue weighted by Gasteiger charge is -2.24. The molecule has 0 aromatic carbocycles. The van der Waals surface area contributed by atoms with E-state index >= 15 is 0 Å². The number of urea groups is 1. The number of carbonyl (C=O) groups is 2. The van der Waals surface area contributed by atoms with Crippen LogP contribution in [-0.2, 0) is 11.3 Å². The van der Waals surface area contributed by atoms with Crippen LogP contribution in [0.15, 0.2) is 23.0 Å². The molecule has 1 aliphatic rings. The molecule has 3 amide bonds. The van der Waals surface area contributed by atoms with Crippen molar-refractivity contribution in [1.29, 1.82) is 0 Å². The summed E-state index contributed by atoms with van der Waals surface area (Å²) in [5.74, 6) is 0.607. The van der Waals surface area contributed by atoms with Gasteiger partial charge in [-0.25, -0.2) is 4.79 Å². The average Bonchev–Trinajstić information content (AvgIpc) is 2.98. The first-order valence-electron chi connectivity index (χ1n) is 9.12. The molecular weight excluding hydrogens is 332 g/mol. The topological polar surface area (TPSA) is 74.6 Å². The van der Waals surface area contributed by atoms with Gasteiger partial charge in [0.25, 0.3) is 5.56 Å².